The molecule has 0 aliphatic carbocycles. The molecule has 3 rings (SSSR count). The highest BCUT2D eigenvalue weighted by Crippen LogP contribution is 2.36. The Morgan fingerprint density at radius 3 is 2.32 bits per heavy atom. The van der Waals surface area contributed by atoms with Crippen LogP contribution in [0.2, 0.25) is 0 Å². The van der Waals surface area contributed by atoms with Crippen molar-refractivity contribution in [2.45, 2.75) is 13.0 Å². The highest BCUT2D eigenvalue weighted by atomic mass is 16.5. The second-order valence-electron chi connectivity index (χ2n) is 4.66. The molecule has 2 heteroatoms. The molecule has 0 saturated heterocycles. The SMILES string of the molecule is CC1=CC(=O)OC1c1ccccc1-c1ccccc1. The predicted molar refractivity (Wildman–Crippen MR) is 74.5 cm³/mol. The number of carbonyl (C=O) groups is 1. The van der Waals surface area contributed by atoms with E-state index in [0.29, 0.717) is 0 Å². The fraction of sp³-hybridized carbons (Fsp3) is 0.118. The van der Waals surface area contributed by atoms with E-state index in [2.05, 4.69) is 18.2 Å². The molecule has 1 aliphatic heterocycles. The average Bonchev–Trinajstić information content (AvgIpc) is 2.79. The van der Waals surface area contributed by atoms with Crippen LogP contribution in [0.5, 0.6) is 0 Å². The second kappa shape index (κ2) is 4.73. The zero-order valence-electron chi connectivity index (χ0n) is 10.7. The predicted octanol–water partition coefficient (Wildman–Crippen LogP) is 3.90. The fourth-order valence-corrected chi connectivity index (χ4v) is 2.42. The Morgan fingerprint density at radius 2 is 1.63 bits per heavy atom. The quantitative estimate of drug-likeness (QED) is 0.756. The summed E-state index contributed by atoms with van der Waals surface area (Å²) in [5.74, 6) is -0.259. The van der Waals surface area contributed by atoms with Gasteiger partial charge in [0.15, 0.2) is 0 Å². The van der Waals surface area contributed by atoms with Crippen LogP contribution in [0.15, 0.2) is 66.2 Å². The molecule has 1 atom stereocenters. The van der Waals surface area contributed by atoms with E-state index in [1.54, 1.807) is 6.08 Å². The van der Waals surface area contributed by atoms with Gasteiger partial charge >= 0.3 is 5.97 Å². The van der Waals surface area contributed by atoms with Crippen molar-refractivity contribution < 1.29 is 9.53 Å². The summed E-state index contributed by atoms with van der Waals surface area (Å²) in [7, 11) is 0. The molecule has 19 heavy (non-hydrogen) atoms. The first-order chi connectivity index (χ1) is 9.25. The van der Waals surface area contributed by atoms with E-state index in [9.17, 15) is 4.79 Å². The van der Waals surface area contributed by atoms with Crippen LogP contribution in [0.3, 0.4) is 0 Å². The van der Waals surface area contributed by atoms with Gasteiger partial charge in [0.1, 0.15) is 6.10 Å². The first kappa shape index (κ1) is 11.7. The highest BCUT2D eigenvalue weighted by molar-refractivity contribution is 5.86. The average molecular weight is 250 g/mol. The van der Waals surface area contributed by atoms with Gasteiger partial charge in [-0.15, -0.1) is 0 Å². The summed E-state index contributed by atoms with van der Waals surface area (Å²) in [6.45, 7) is 1.93. The van der Waals surface area contributed by atoms with Crippen LogP contribution < -0.4 is 0 Å². The van der Waals surface area contributed by atoms with Crippen molar-refractivity contribution in [3.05, 3.63) is 71.8 Å². The molecule has 2 aromatic carbocycles. The van der Waals surface area contributed by atoms with Crippen molar-refractivity contribution in [1.82, 2.24) is 0 Å². The molecule has 1 heterocycles. The first-order valence-corrected chi connectivity index (χ1v) is 6.29. The number of cyclic esters (lactones) is 1. The van der Waals surface area contributed by atoms with E-state index in [1.807, 2.05) is 43.3 Å². The number of benzene rings is 2. The van der Waals surface area contributed by atoms with Crippen molar-refractivity contribution in [3.63, 3.8) is 0 Å². The summed E-state index contributed by atoms with van der Waals surface area (Å²) in [6, 6.07) is 18.2. The zero-order chi connectivity index (χ0) is 13.2. The van der Waals surface area contributed by atoms with E-state index >= 15 is 0 Å². The Labute approximate surface area is 112 Å². The summed E-state index contributed by atoms with van der Waals surface area (Å²) >= 11 is 0. The second-order valence-corrected chi connectivity index (χ2v) is 4.66. The molecule has 94 valence electrons. The first-order valence-electron chi connectivity index (χ1n) is 6.29. The molecule has 1 unspecified atom stereocenters. The molecule has 0 bridgehead atoms. The van der Waals surface area contributed by atoms with Crippen LogP contribution in [0.1, 0.15) is 18.6 Å². The van der Waals surface area contributed by atoms with E-state index in [0.717, 1.165) is 22.3 Å². The summed E-state index contributed by atoms with van der Waals surface area (Å²) in [4.78, 5) is 11.4. The Balaban J connectivity index is 2.09. The summed E-state index contributed by atoms with van der Waals surface area (Å²) < 4.78 is 5.39. The molecule has 2 aromatic rings. The molecule has 0 N–H and O–H groups in total. The molecule has 0 saturated carbocycles. The van der Waals surface area contributed by atoms with Gasteiger partial charge in [-0.25, -0.2) is 4.79 Å². The summed E-state index contributed by atoms with van der Waals surface area (Å²) in [5, 5.41) is 0. The third-order valence-electron chi connectivity index (χ3n) is 3.32. The maximum absolute atomic E-state index is 11.4. The Bertz CT molecular complexity index is 641. The van der Waals surface area contributed by atoms with Gasteiger partial charge in [-0.05, 0) is 23.6 Å². The lowest BCUT2D eigenvalue weighted by atomic mass is 9.94. The van der Waals surface area contributed by atoms with Crippen molar-refractivity contribution in [1.29, 1.82) is 0 Å². The molecule has 0 aromatic heterocycles. The largest absolute Gasteiger partial charge is 0.450 e. The van der Waals surface area contributed by atoms with E-state index in [-0.39, 0.29) is 12.1 Å². The van der Waals surface area contributed by atoms with Crippen LogP contribution in [0.25, 0.3) is 11.1 Å². The molecular formula is C17H14O2. The molecule has 2 nitrogen and oxygen atoms in total. The third kappa shape index (κ3) is 2.17. The van der Waals surface area contributed by atoms with E-state index in [1.165, 1.54) is 0 Å². The van der Waals surface area contributed by atoms with Gasteiger partial charge in [-0.2, -0.15) is 0 Å². The smallest absolute Gasteiger partial charge is 0.331 e. The van der Waals surface area contributed by atoms with Crippen LogP contribution >= 0.6 is 0 Å². The van der Waals surface area contributed by atoms with Gasteiger partial charge in [0.25, 0.3) is 0 Å². The summed E-state index contributed by atoms with van der Waals surface area (Å²) in [6.07, 6.45) is 1.30. The third-order valence-corrected chi connectivity index (χ3v) is 3.32. The van der Waals surface area contributed by atoms with Crippen LogP contribution in [-0.2, 0) is 9.53 Å². The summed E-state index contributed by atoms with van der Waals surface area (Å²) in [5.41, 5.74) is 4.23. The van der Waals surface area contributed by atoms with Crippen LogP contribution in [-0.4, -0.2) is 5.97 Å². The van der Waals surface area contributed by atoms with Gasteiger partial charge in [-0.1, -0.05) is 54.6 Å². The number of ether oxygens (including phenoxy) is 1. The lowest BCUT2D eigenvalue weighted by Crippen LogP contribution is -2.03. The van der Waals surface area contributed by atoms with Crippen LogP contribution in [0.4, 0.5) is 0 Å². The zero-order valence-corrected chi connectivity index (χ0v) is 10.7. The topological polar surface area (TPSA) is 26.3 Å². The lowest BCUT2D eigenvalue weighted by molar-refractivity contribution is -0.139. The Morgan fingerprint density at radius 1 is 0.947 bits per heavy atom. The monoisotopic (exact) mass is 250 g/mol. The van der Waals surface area contributed by atoms with Crippen molar-refractivity contribution in [2.24, 2.45) is 0 Å². The number of rotatable bonds is 2. The van der Waals surface area contributed by atoms with Crippen molar-refractivity contribution in [3.8, 4) is 11.1 Å². The molecule has 0 spiro atoms. The number of carbonyl (C=O) groups excluding carboxylic acids is 1. The Kier molecular flexibility index (Phi) is 2.92. The Hall–Kier alpha value is -2.35. The number of hydrogen-bond donors (Lipinski definition) is 0. The van der Waals surface area contributed by atoms with Gasteiger partial charge in [0, 0.05) is 11.6 Å². The van der Waals surface area contributed by atoms with Gasteiger partial charge in [0.2, 0.25) is 0 Å². The van der Waals surface area contributed by atoms with Crippen LogP contribution in [0, 0.1) is 0 Å². The molecule has 0 fully saturated rings. The van der Waals surface area contributed by atoms with Crippen molar-refractivity contribution >= 4 is 5.97 Å². The molecular weight excluding hydrogens is 236 g/mol. The number of esters is 1. The fourth-order valence-electron chi connectivity index (χ4n) is 2.42. The van der Waals surface area contributed by atoms with Gasteiger partial charge < -0.3 is 4.74 Å². The van der Waals surface area contributed by atoms with Gasteiger partial charge in [0.05, 0.1) is 0 Å². The minimum Gasteiger partial charge on any atom is -0.450 e. The maximum Gasteiger partial charge on any atom is 0.331 e. The van der Waals surface area contributed by atoms with E-state index in [4.69, 9.17) is 4.74 Å². The molecule has 0 radical (unpaired) electrons. The molecule has 1 aliphatic rings. The maximum atomic E-state index is 11.4. The lowest BCUT2D eigenvalue weighted by Gasteiger charge is -2.16. The van der Waals surface area contributed by atoms with E-state index < -0.39 is 0 Å². The van der Waals surface area contributed by atoms with Crippen molar-refractivity contribution in [2.75, 3.05) is 0 Å². The molecule has 0 amide bonds. The minimum absolute atomic E-state index is 0.259. The minimum atomic E-state index is -0.260. The highest BCUT2D eigenvalue weighted by Gasteiger charge is 2.26. The number of hydrogen-bond acceptors (Lipinski definition) is 2. The normalized spacial score (nSPS) is 18.1. The standard InChI is InChI=1S/C17H14O2/c1-12-11-16(18)19-17(12)15-10-6-5-9-14(15)13-7-3-2-4-8-13/h2-11,17H,1H3. The van der Waals surface area contributed by atoms with Gasteiger partial charge in [-0.3, -0.25) is 0 Å².